The van der Waals surface area contributed by atoms with E-state index in [0.717, 1.165) is 63.8 Å². The quantitative estimate of drug-likeness (QED) is 0.230. The number of carbonyl (C=O) groups excluding carboxylic acids is 1. The number of rotatable bonds is 7. The van der Waals surface area contributed by atoms with E-state index in [4.69, 9.17) is 10.1 Å². The molecule has 2 aromatic carbocycles. The van der Waals surface area contributed by atoms with Crippen LogP contribution in [0, 0.1) is 0 Å². The highest BCUT2D eigenvalue weighted by atomic mass is 32.1. The van der Waals surface area contributed by atoms with Gasteiger partial charge in [0.1, 0.15) is 5.69 Å². The molecule has 208 valence electrons. The number of hydrogen-bond donors (Lipinski definition) is 2. The first kappa shape index (κ1) is 26.1. The van der Waals surface area contributed by atoms with Crippen molar-refractivity contribution in [2.24, 2.45) is 0 Å². The highest BCUT2D eigenvalue weighted by Crippen LogP contribution is 2.35. The topological polar surface area (TPSA) is 87.5 Å². The summed E-state index contributed by atoms with van der Waals surface area (Å²) in [6, 6.07) is 26.1. The van der Waals surface area contributed by atoms with E-state index in [1.807, 2.05) is 76.8 Å². The summed E-state index contributed by atoms with van der Waals surface area (Å²) in [6.45, 7) is 2.02. The number of pyridine rings is 1. The smallest absolute Gasteiger partial charge is 0.229 e. The predicted molar refractivity (Wildman–Crippen MR) is 168 cm³/mol. The van der Waals surface area contributed by atoms with E-state index in [-0.39, 0.29) is 5.91 Å². The third-order valence-electron chi connectivity index (χ3n) is 7.45. The first-order valence-electron chi connectivity index (χ1n) is 13.9. The van der Waals surface area contributed by atoms with E-state index in [1.54, 1.807) is 17.5 Å². The number of fused-ring (bicyclic) bond motifs is 2. The summed E-state index contributed by atoms with van der Waals surface area (Å²) in [7, 11) is 2.15. The van der Waals surface area contributed by atoms with Crippen molar-refractivity contribution < 1.29 is 4.79 Å². The van der Waals surface area contributed by atoms with Crippen molar-refractivity contribution in [3.05, 3.63) is 113 Å². The Balaban J connectivity index is 1.21. The zero-order valence-corrected chi connectivity index (χ0v) is 23.9. The second-order valence-electron chi connectivity index (χ2n) is 10.5. The summed E-state index contributed by atoms with van der Waals surface area (Å²) < 4.78 is 1.86. The molecule has 0 saturated carbocycles. The van der Waals surface area contributed by atoms with E-state index in [2.05, 4.69) is 45.8 Å². The van der Waals surface area contributed by atoms with E-state index in [1.165, 1.54) is 11.1 Å². The van der Waals surface area contributed by atoms with Crippen molar-refractivity contribution in [2.75, 3.05) is 24.2 Å². The fraction of sp³-hybridized carbons (Fsp3) is 0.152. The molecule has 8 nitrogen and oxygen atoms in total. The van der Waals surface area contributed by atoms with Gasteiger partial charge >= 0.3 is 0 Å². The SMILES string of the molecule is CN1CCc2ccc(Nc3nccc(-c4c(-c5cccc(NC(=O)Cc6cccs6)c5)nn5ccccc45)n3)cc2C1. The van der Waals surface area contributed by atoms with Crippen LogP contribution in [0.2, 0.25) is 0 Å². The number of likely N-dealkylation sites (N-methyl/N-ethyl adjacent to an activating group) is 1. The minimum Gasteiger partial charge on any atom is -0.326 e. The normalized spacial score (nSPS) is 13.2. The number of aromatic nitrogens is 4. The molecule has 7 rings (SSSR count). The van der Waals surface area contributed by atoms with Crippen LogP contribution in [-0.4, -0.2) is 44.0 Å². The summed E-state index contributed by atoms with van der Waals surface area (Å²) in [4.78, 5) is 25.5. The van der Waals surface area contributed by atoms with Crippen LogP contribution < -0.4 is 10.6 Å². The number of amides is 1. The molecule has 0 bridgehead atoms. The molecule has 1 amide bonds. The standard InChI is InChI=1S/C33H29N7OS/c1-39-16-13-22-10-11-26(19-24(22)21-39)36-33-34-14-12-28(37-33)31-29-9-2-3-15-40(29)38-32(31)23-6-4-7-25(18-23)35-30(41)20-27-8-5-17-42-27/h2-12,14-15,17-19H,13,16,20-21H2,1H3,(H,35,41)(H,34,36,37). The molecule has 0 fully saturated rings. The molecule has 6 aromatic rings. The lowest BCUT2D eigenvalue weighted by Gasteiger charge is -2.25. The van der Waals surface area contributed by atoms with Gasteiger partial charge in [-0.3, -0.25) is 4.79 Å². The van der Waals surface area contributed by atoms with Gasteiger partial charge in [-0.15, -0.1) is 11.3 Å². The van der Waals surface area contributed by atoms with Gasteiger partial charge in [-0.1, -0.05) is 30.3 Å². The molecule has 9 heteroatoms. The lowest BCUT2D eigenvalue weighted by molar-refractivity contribution is -0.115. The number of carbonyl (C=O) groups is 1. The Hall–Kier alpha value is -4.86. The van der Waals surface area contributed by atoms with Crippen molar-refractivity contribution in [2.45, 2.75) is 19.4 Å². The Morgan fingerprint density at radius 2 is 1.93 bits per heavy atom. The van der Waals surface area contributed by atoms with E-state index in [0.29, 0.717) is 12.4 Å². The Kier molecular flexibility index (Phi) is 6.95. The van der Waals surface area contributed by atoms with Gasteiger partial charge in [-0.05, 0) is 78.5 Å². The Bertz CT molecular complexity index is 1900. The molecule has 0 unspecified atom stereocenters. The summed E-state index contributed by atoms with van der Waals surface area (Å²) in [5.41, 5.74) is 8.66. The van der Waals surface area contributed by atoms with Crippen LogP contribution in [0.3, 0.4) is 0 Å². The highest BCUT2D eigenvalue weighted by molar-refractivity contribution is 7.10. The molecule has 1 aliphatic rings. The molecule has 4 aromatic heterocycles. The first-order valence-corrected chi connectivity index (χ1v) is 14.8. The number of anilines is 3. The minimum absolute atomic E-state index is 0.0508. The van der Waals surface area contributed by atoms with Crippen LogP contribution in [-0.2, 0) is 24.2 Å². The summed E-state index contributed by atoms with van der Waals surface area (Å²) >= 11 is 1.58. The van der Waals surface area contributed by atoms with Gasteiger partial charge in [-0.25, -0.2) is 14.5 Å². The van der Waals surface area contributed by atoms with Gasteiger partial charge in [0.15, 0.2) is 0 Å². The third kappa shape index (κ3) is 5.39. The zero-order valence-electron chi connectivity index (χ0n) is 23.1. The third-order valence-corrected chi connectivity index (χ3v) is 8.33. The molecule has 1 aliphatic heterocycles. The van der Waals surface area contributed by atoms with Gasteiger partial charge < -0.3 is 15.5 Å². The van der Waals surface area contributed by atoms with Gasteiger partial charge in [0.2, 0.25) is 11.9 Å². The van der Waals surface area contributed by atoms with Crippen molar-refractivity contribution in [3.8, 4) is 22.5 Å². The molecular weight excluding hydrogens is 542 g/mol. The Morgan fingerprint density at radius 1 is 0.976 bits per heavy atom. The van der Waals surface area contributed by atoms with Crippen molar-refractivity contribution in [1.29, 1.82) is 0 Å². The number of hydrogen-bond acceptors (Lipinski definition) is 7. The van der Waals surface area contributed by atoms with Crippen molar-refractivity contribution in [1.82, 2.24) is 24.5 Å². The van der Waals surface area contributed by atoms with Crippen LogP contribution in [0.1, 0.15) is 16.0 Å². The van der Waals surface area contributed by atoms with Gasteiger partial charge in [0, 0.05) is 47.3 Å². The van der Waals surface area contributed by atoms with E-state index < -0.39 is 0 Å². The van der Waals surface area contributed by atoms with Crippen LogP contribution in [0.4, 0.5) is 17.3 Å². The first-order chi connectivity index (χ1) is 20.6. The second-order valence-corrected chi connectivity index (χ2v) is 11.5. The maximum Gasteiger partial charge on any atom is 0.229 e. The van der Waals surface area contributed by atoms with E-state index in [9.17, 15) is 4.79 Å². The van der Waals surface area contributed by atoms with Crippen LogP contribution in [0.15, 0.2) is 96.6 Å². The molecule has 5 heterocycles. The monoisotopic (exact) mass is 571 g/mol. The number of nitrogens with zero attached hydrogens (tertiary/aromatic N) is 5. The van der Waals surface area contributed by atoms with E-state index >= 15 is 0 Å². The van der Waals surface area contributed by atoms with Gasteiger partial charge in [0.05, 0.1) is 23.2 Å². The van der Waals surface area contributed by atoms with Crippen LogP contribution in [0.5, 0.6) is 0 Å². The maximum absolute atomic E-state index is 12.7. The molecule has 42 heavy (non-hydrogen) atoms. The number of nitrogens with one attached hydrogen (secondary N) is 2. The number of thiophene rings is 1. The average Bonchev–Trinajstić information content (AvgIpc) is 3.65. The van der Waals surface area contributed by atoms with Crippen molar-refractivity contribution in [3.63, 3.8) is 0 Å². The molecule has 0 saturated heterocycles. The molecular formula is C33H29N7OS. The molecule has 2 N–H and O–H groups in total. The maximum atomic E-state index is 12.7. The Labute approximate surface area is 247 Å². The fourth-order valence-electron chi connectivity index (χ4n) is 5.44. The van der Waals surface area contributed by atoms with Gasteiger partial charge in [0.25, 0.3) is 0 Å². The second kappa shape index (κ2) is 11.2. The fourth-order valence-corrected chi connectivity index (χ4v) is 6.14. The lowest BCUT2D eigenvalue weighted by Crippen LogP contribution is -2.26. The molecule has 0 atom stereocenters. The molecule has 0 radical (unpaired) electrons. The summed E-state index contributed by atoms with van der Waals surface area (Å²) in [6.07, 6.45) is 5.11. The highest BCUT2D eigenvalue weighted by Gasteiger charge is 2.19. The van der Waals surface area contributed by atoms with Crippen LogP contribution >= 0.6 is 11.3 Å². The molecule has 0 aliphatic carbocycles. The predicted octanol–water partition coefficient (Wildman–Crippen LogP) is 6.43. The minimum atomic E-state index is -0.0508. The summed E-state index contributed by atoms with van der Waals surface area (Å²) in [5.74, 6) is 0.470. The van der Waals surface area contributed by atoms with Gasteiger partial charge in [-0.2, -0.15) is 5.10 Å². The number of benzene rings is 2. The lowest BCUT2D eigenvalue weighted by atomic mass is 9.99. The Morgan fingerprint density at radius 3 is 2.83 bits per heavy atom. The average molecular weight is 572 g/mol. The molecule has 0 spiro atoms. The largest absolute Gasteiger partial charge is 0.326 e. The van der Waals surface area contributed by atoms with Crippen molar-refractivity contribution >= 4 is 40.1 Å². The summed E-state index contributed by atoms with van der Waals surface area (Å²) in [5, 5.41) is 13.4. The van der Waals surface area contributed by atoms with Crippen LogP contribution in [0.25, 0.3) is 28.0 Å². The zero-order chi connectivity index (χ0) is 28.5.